The fourth-order valence-corrected chi connectivity index (χ4v) is 2.38. The summed E-state index contributed by atoms with van der Waals surface area (Å²) in [6.07, 6.45) is -4.02. The number of fused-ring (bicyclic) bond motifs is 1. The second-order valence-electron chi connectivity index (χ2n) is 5.26. The third-order valence-electron chi connectivity index (χ3n) is 3.42. The van der Waals surface area contributed by atoms with Gasteiger partial charge < -0.3 is 15.0 Å². The number of hydrogen-bond donors (Lipinski definition) is 2. The predicted octanol–water partition coefficient (Wildman–Crippen LogP) is 2.42. The van der Waals surface area contributed by atoms with E-state index in [0.717, 1.165) is 4.57 Å². The number of carbonyl (C=O) groups is 2. The first-order valence-corrected chi connectivity index (χ1v) is 7.28. The van der Waals surface area contributed by atoms with Crippen LogP contribution in [0.5, 0.6) is 0 Å². The molecule has 9 heteroatoms. The smallest absolute Gasteiger partial charge is 0.449 e. The molecule has 24 heavy (non-hydrogen) atoms. The first-order chi connectivity index (χ1) is 11.2. The van der Waals surface area contributed by atoms with Crippen LogP contribution in [0, 0.1) is 0 Å². The minimum atomic E-state index is -4.73. The fraction of sp³-hybridized carbons (Fsp3) is 0.400. The Morgan fingerprint density at radius 2 is 2.00 bits per heavy atom. The minimum Gasteiger partial charge on any atom is -0.480 e. The Morgan fingerprint density at radius 1 is 1.33 bits per heavy atom. The highest BCUT2D eigenvalue weighted by molar-refractivity contribution is 5.85. The zero-order valence-corrected chi connectivity index (χ0v) is 12.8. The van der Waals surface area contributed by atoms with Gasteiger partial charge in [-0.25, -0.2) is 9.78 Å². The lowest BCUT2D eigenvalue weighted by atomic mass is 10.1. The molecule has 1 atom stereocenters. The summed E-state index contributed by atoms with van der Waals surface area (Å²) in [5.74, 6) is -3.23. The van der Waals surface area contributed by atoms with Crippen LogP contribution < -0.4 is 5.32 Å². The van der Waals surface area contributed by atoms with Crippen LogP contribution in [-0.4, -0.2) is 32.6 Å². The molecule has 0 radical (unpaired) electrons. The van der Waals surface area contributed by atoms with Crippen molar-refractivity contribution in [3.05, 3.63) is 30.1 Å². The van der Waals surface area contributed by atoms with Gasteiger partial charge in [0, 0.05) is 0 Å². The van der Waals surface area contributed by atoms with Gasteiger partial charge in [-0.3, -0.25) is 4.79 Å². The van der Waals surface area contributed by atoms with Crippen molar-refractivity contribution in [2.24, 2.45) is 0 Å². The summed E-state index contributed by atoms with van der Waals surface area (Å²) in [5, 5.41) is 11.3. The van der Waals surface area contributed by atoms with Gasteiger partial charge in [0.05, 0.1) is 11.0 Å². The average Bonchev–Trinajstić information content (AvgIpc) is 2.86. The largest absolute Gasteiger partial charge is 0.480 e. The van der Waals surface area contributed by atoms with Crippen LogP contribution in [0.25, 0.3) is 11.0 Å². The van der Waals surface area contributed by atoms with E-state index in [2.05, 4.69) is 10.3 Å². The molecule has 0 aliphatic carbocycles. The van der Waals surface area contributed by atoms with Gasteiger partial charge >= 0.3 is 12.1 Å². The molecule has 0 aliphatic rings. The van der Waals surface area contributed by atoms with E-state index in [9.17, 15) is 22.8 Å². The number of aromatic nitrogens is 2. The van der Waals surface area contributed by atoms with Crippen LogP contribution >= 0.6 is 0 Å². The number of carboxylic acid groups (broad SMARTS) is 1. The molecular weight excluding hydrogens is 327 g/mol. The van der Waals surface area contributed by atoms with Gasteiger partial charge in [0.1, 0.15) is 12.6 Å². The molecule has 1 amide bonds. The maximum Gasteiger partial charge on any atom is 0.449 e. The van der Waals surface area contributed by atoms with E-state index in [0.29, 0.717) is 6.42 Å². The third kappa shape index (κ3) is 3.84. The number of nitrogens with zero attached hydrogens (tertiary/aromatic N) is 2. The number of benzene rings is 1. The normalized spacial score (nSPS) is 13.0. The van der Waals surface area contributed by atoms with E-state index in [-0.39, 0.29) is 17.5 Å². The van der Waals surface area contributed by atoms with E-state index in [1.54, 1.807) is 13.0 Å². The molecule has 130 valence electrons. The molecule has 1 aromatic carbocycles. The van der Waals surface area contributed by atoms with Gasteiger partial charge in [0.2, 0.25) is 11.7 Å². The summed E-state index contributed by atoms with van der Waals surface area (Å²) in [6.45, 7) is 1.08. The zero-order chi connectivity index (χ0) is 17.9. The molecule has 6 nitrogen and oxygen atoms in total. The Labute approximate surface area is 135 Å². The summed E-state index contributed by atoms with van der Waals surface area (Å²) in [5.41, 5.74) is 0.267. The molecule has 0 fully saturated rings. The van der Waals surface area contributed by atoms with Crippen LogP contribution in [-0.2, 0) is 22.3 Å². The summed E-state index contributed by atoms with van der Waals surface area (Å²) < 4.78 is 40.2. The predicted molar refractivity (Wildman–Crippen MR) is 79.2 cm³/mol. The number of aliphatic carboxylic acids is 1. The van der Waals surface area contributed by atoms with Gasteiger partial charge in [-0.05, 0) is 18.6 Å². The number of amides is 1. The summed E-state index contributed by atoms with van der Waals surface area (Å²) in [7, 11) is 0. The summed E-state index contributed by atoms with van der Waals surface area (Å²) in [6, 6.07) is 4.78. The molecule has 1 aromatic heterocycles. The van der Waals surface area contributed by atoms with Crippen molar-refractivity contribution >= 4 is 22.9 Å². The van der Waals surface area contributed by atoms with Crippen LogP contribution in [0.4, 0.5) is 13.2 Å². The number of hydrogen-bond acceptors (Lipinski definition) is 3. The third-order valence-corrected chi connectivity index (χ3v) is 3.42. The van der Waals surface area contributed by atoms with Gasteiger partial charge in [0.25, 0.3) is 0 Å². The fourth-order valence-electron chi connectivity index (χ4n) is 2.38. The highest BCUT2D eigenvalue weighted by Crippen LogP contribution is 2.31. The summed E-state index contributed by atoms with van der Waals surface area (Å²) >= 11 is 0. The minimum absolute atomic E-state index is 0.112. The molecule has 0 aliphatic heterocycles. The quantitative estimate of drug-likeness (QED) is 0.844. The first-order valence-electron chi connectivity index (χ1n) is 7.28. The lowest BCUT2D eigenvalue weighted by Gasteiger charge is -2.15. The van der Waals surface area contributed by atoms with Crippen molar-refractivity contribution in [1.82, 2.24) is 14.9 Å². The first kappa shape index (κ1) is 17.8. The molecule has 2 aromatic rings. The van der Waals surface area contributed by atoms with Gasteiger partial charge in [-0.1, -0.05) is 25.5 Å². The Hall–Kier alpha value is -2.58. The van der Waals surface area contributed by atoms with Crippen molar-refractivity contribution < 1.29 is 27.9 Å². The Bertz CT molecular complexity index is 755. The second-order valence-corrected chi connectivity index (χ2v) is 5.26. The number of imidazole rings is 1. The van der Waals surface area contributed by atoms with Crippen LogP contribution in [0.15, 0.2) is 24.3 Å². The standard InChI is InChI=1S/C15H16F3N3O3/c1-2-5-10(13(23)24)19-12(22)8-21-11-7-4-3-6-9(11)20-14(21)15(16,17)18/h3-4,6-7,10H,2,5,8H2,1H3,(H,19,22)(H,23,24). The van der Waals surface area contributed by atoms with Gasteiger partial charge in [0.15, 0.2) is 0 Å². The molecular formula is C15H16F3N3O3. The van der Waals surface area contributed by atoms with E-state index in [1.807, 2.05) is 0 Å². The monoisotopic (exact) mass is 343 g/mol. The SMILES string of the molecule is CCCC(NC(=O)Cn1c(C(F)(F)F)nc2ccccc21)C(=O)O. The highest BCUT2D eigenvalue weighted by Gasteiger charge is 2.38. The number of nitrogens with one attached hydrogen (secondary N) is 1. The van der Waals surface area contributed by atoms with E-state index in [4.69, 9.17) is 5.11 Å². The van der Waals surface area contributed by atoms with E-state index >= 15 is 0 Å². The van der Waals surface area contributed by atoms with Crippen molar-refractivity contribution in [1.29, 1.82) is 0 Å². The van der Waals surface area contributed by atoms with Crippen LogP contribution in [0.2, 0.25) is 0 Å². The van der Waals surface area contributed by atoms with Crippen molar-refractivity contribution in [2.75, 3.05) is 0 Å². The van der Waals surface area contributed by atoms with Crippen LogP contribution in [0.1, 0.15) is 25.6 Å². The van der Waals surface area contributed by atoms with Crippen molar-refractivity contribution in [2.45, 2.75) is 38.5 Å². The van der Waals surface area contributed by atoms with Crippen molar-refractivity contribution in [3.8, 4) is 0 Å². The number of halogens is 3. The molecule has 2 rings (SSSR count). The second kappa shape index (κ2) is 6.90. The van der Waals surface area contributed by atoms with Crippen LogP contribution in [0.3, 0.4) is 0 Å². The Morgan fingerprint density at radius 3 is 2.58 bits per heavy atom. The Balaban J connectivity index is 2.31. The highest BCUT2D eigenvalue weighted by atomic mass is 19.4. The van der Waals surface area contributed by atoms with Gasteiger partial charge in [-0.15, -0.1) is 0 Å². The maximum atomic E-state index is 13.1. The molecule has 0 saturated heterocycles. The lowest BCUT2D eigenvalue weighted by Crippen LogP contribution is -2.42. The zero-order valence-electron chi connectivity index (χ0n) is 12.8. The lowest BCUT2D eigenvalue weighted by molar-refractivity contribution is -0.148. The number of carboxylic acids is 1. The van der Waals surface area contributed by atoms with Crippen molar-refractivity contribution in [3.63, 3.8) is 0 Å². The van der Waals surface area contributed by atoms with E-state index < -0.39 is 36.5 Å². The molecule has 0 spiro atoms. The van der Waals surface area contributed by atoms with Gasteiger partial charge in [-0.2, -0.15) is 13.2 Å². The number of rotatable bonds is 6. The van der Waals surface area contributed by atoms with E-state index in [1.165, 1.54) is 18.2 Å². The Kier molecular flexibility index (Phi) is 5.10. The molecule has 1 heterocycles. The summed E-state index contributed by atoms with van der Waals surface area (Å²) in [4.78, 5) is 26.6. The topological polar surface area (TPSA) is 84.2 Å². The number of para-hydroxylation sites is 2. The number of alkyl halides is 3. The molecule has 0 saturated carbocycles. The molecule has 1 unspecified atom stereocenters. The molecule has 2 N–H and O–H groups in total. The number of carbonyl (C=O) groups excluding carboxylic acids is 1. The average molecular weight is 343 g/mol. The maximum absolute atomic E-state index is 13.1. The molecule has 0 bridgehead atoms.